The molecule has 1 aromatic carbocycles. The number of amides is 1. The van der Waals surface area contributed by atoms with Crippen molar-refractivity contribution in [3.8, 4) is 0 Å². The third-order valence-corrected chi connectivity index (χ3v) is 13.9. The van der Waals surface area contributed by atoms with E-state index in [9.17, 15) is 9.59 Å². The number of likely N-dealkylation sites (tertiary alicyclic amines) is 1. The molecule has 3 saturated carbocycles. The molecule has 1 aromatic rings. The Morgan fingerprint density at radius 1 is 1.09 bits per heavy atom. The fourth-order valence-electron chi connectivity index (χ4n) is 11.6. The van der Waals surface area contributed by atoms with E-state index in [1.807, 2.05) is 18.2 Å². The van der Waals surface area contributed by atoms with Gasteiger partial charge in [-0.1, -0.05) is 62.2 Å². The Labute approximate surface area is 265 Å². The first kappa shape index (κ1) is 30.7. The third kappa shape index (κ3) is 5.42. The SMILES string of the molecule is CC1=C2C[C@H]3C(CC[C@@H]4CC(=O)CC[C@@]43C)[C@@H]2CCC2(C1)O[C@@H]1C[C@H](C)CN(CCNC(=O)CCc3ccccc3)[C@H]1[C@H]2C. The number of nitrogens with one attached hydrogen (secondary N) is 1. The van der Waals surface area contributed by atoms with E-state index in [0.29, 0.717) is 60.0 Å². The van der Waals surface area contributed by atoms with Gasteiger partial charge in [0, 0.05) is 50.9 Å². The van der Waals surface area contributed by atoms with Gasteiger partial charge < -0.3 is 10.1 Å². The van der Waals surface area contributed by atoms with Gasteiger partial charge in [-0.05, 0) is 105 Å². The summed E-state index contributed by atoms with van der Waals surface area (Å²) in [6.07, 6.45) is 12.9. The van der Waals surface area contributed by atoms with Crippen molar-refractivity contribution in [2.75, 3.05) is 19.6 Å². The fourth-order valence-corrected chi connectivity index (χ4v) is 11.6. The largest absolute Gasteiger partial charge is 0.369 e. The molecule has 5 fully saturated rings. The predicted octanol–water partition coefficient (Wildman–Crippen LogP) is 7.14. The summed E-state index contributed by atoms with van der Waals surface area (Å²) in [4.78, 5) is 27.7. The van der Waals surface area contributed by atoms with E-state index in [1.54, 1.807) is 11.1 Å². The van der Waals surface area contributed by atoms with Crippen LogP contribution in [0.5, 0.6) is 0 Å². The van der Waals surface area contributed by atoms with Crippen molar-refractivity contribution in [2.45, 2.75) is 122 Å². The van der Waals surface area contributed by atoms with E-state index < -0.39 is 0 Å². The Morgan fingerprint density at radius 3 is 2.73 bits per heavy atom. The molecule has 10 atom stereocenters. The Hall–Kier alpha value is -1.98. The number of carbonyl (C=O) groups excluding carboxylic acids is 2. The molecule has 0 aromatic heterocycles. The molecule has 4 aliphatic carbocycles. The van der Waals surface area contributed by atoms with E-state index in [4.69, 9.17) is 4.74 Å². The van der Waals surface area contributed by atoms with Crippen molar-refractivity contribution in [3.05, 3.63) is 47.0 Å². The number of rotatable bonds is 6. The first-order valence-electron chi connectivity index (χ1n) is 18.1. The van der Waals surface area contributed by atoms with Crippen molar-refractivity contribution in [2.24, 2.45) is 40.9 Å². The van der Waals surface area contributed by atoms with Gasteiger partial charge in [-0.3, -0.25) is 14.5 Å². The molecule has 0 radical (unpaired) electrons. The number of hydrogen-bond donors (Lipinski definition) is 1. The molecule has 44 heavy (non-hydrogen) atoms. The van der Waals surface area contributed by atoms with Crippen LogP contribution in [-0.2, 0) is 20.7 Å². The maximum absolute atomic E-state index is 12.7. The minimum Gasteiger partial charge on any atom is -0.369 e. The molecular formula is C39H56N2O3. The van der Waals surface area contributed by atoms with Gasteiger partial charge >= 0.3 is 0 Å². The second kappa shape index (κ2) is 12.0. The van der Waals surface area contributed by atoms with Crippen LogP contribution in [0.15, 0.2) is 41.5 Å². The van der Waals surface area contributed by atoms with E-state index in [1.165, 1.54) is 37.7 Å². The number of ether oxygens (including phenoxy) is 1. The smallest absolute Gasteiger partial charge is 0.220 e. The Morgan fingerprint density at radius 2 is 1.91 bits per heavy atom. The molecule has 240 valence electrons. The number of aryl methyl sites for hydroxylation is 1. The molecule has 0 bridgehead atoms. The van der Waals surface area contributed by atoms with Gasteiger partial charge in [-0.25, -0.2) is 0 Å². The second-order valence-corrected chi connectivity index (χ2v) is 16.3. The van der Waals surface area contributed by atoms with Crippen LogP contribution in [0.4, 0.5) is 0 Å². The molecule has 2 aliphatic heterocycles. The summed E-state index contributed by atoms with van der Waals surface area (Å²) in [5.41, 5.74) is 4.92. The van der Waals surface area contributed by atoms with Gasteiger partial charge in [-0.2, -0.15) is 0 Å². The van der Waals surface area contributed by atoms with Crippen LogP contribution < -0.4 is 5.32 Å². The molecule has 2 unspecified atom stereocenters. The quantitative estimate of drug-likeness (QED) is 0.353. The highest BCUT2D eigenvalue weighted by Gasteiger charge is 2.60. The van der Waals surface area contributed by atoms with Crippen LogP contribution >= 0.6 is 0 Å². The number of fused-ring (bicyclic) bond motifs is 6. The summed E-state index contributed by atoms with van der Waals surface area (Å²) in [5.74, 6) is 4.65. The molecule has 1 N–H and O–H groups in total. The molecule has 6 aliphatic rings. The topological polar surface area (TPSA) is 58.6 Å². The van der Waals surface area contributed by atoms with Crippen molar-refractivity contribution in [3.63, 3.8) is 0 Å². The molecule has 1 spiro atoms. The first-order chi connectivity index (χ1) is 21.2. The Kier molecular flexibility index (Phi) is 8.36. The molecule has 2 heterocycles. The van der Waals surface area contributed by atoms with Crippen molar-refractivity contribution < 1.29 is 14.3 Å². The number of allylic oxidation sites excluding steroid dienone is 1. The third-order valence-electron chi connectivity index (χ3n) is 13.9. The maximum Gasteiger partial charge on any atom is 0.220 e. The highest BCUT2D eigenvalue weighted by Crippen LogP contribution is 2.65. The van der Waals surface area contributed by atoms with Crippen LogP contribution in [0.25, 0.3) is 0 Å². The van der Waals surface area contributed by atoms with Crippen molar-refractivity contribution in [1.29, 1.82) is 0 Å². The van der Waals surface area contributed by atoms with E-state index >= 15 is 0 Å². The summed E-state index contributed by atoms with van der Waals surface area (Å²) in [7, 11) is 0. The first-order valence-corrected chi connectivity index (χ1v) is 18.1. The molecular weight excluding hydrogens is 544 g/mol. The zero-order valence-electron chi connectivity index (χ0n) is 27.8. The van der Waals surface area contributed by atoms with E-state index in [2.05, 4.69) is 50.0 Å². The Bertz CT molecular complexity index is 1280. The normalized spacial score (nSPS) is 42.0. The van der Waals surface area contributed by atoms with Crippen molar-refractivity contribution in [1.82, 2.24) is 10.2 Å². The highest BCUT2D eigenvalue weighted by molar-refractivity contribution is 5.79. The van der Waals surface area contributed by atoms with Crippen LogP contribution in [-0.4, -0.2) is 54.0 Å². The zero-order chi connectivity index (χ0) is 30.6. The summed E-state index contributed by atoms with van der Waals surface area (Å²) in [6, 6.07) is 10.7. The highest BCUT2D eigenvalue weighted by atomic mass is 16.5. The summed E-state index contributed by atoms with van der Waals surface area (Å²) in [6.45, 7) is 12.6. The lowest BCUT2D eigenvalue weighted by molar-refractivity contribution is -0.130. The summed E-state index contributed by atoms with van der Waals surface area (Å²) in [5, 5.41) is 3.23. The standard InChI is InChI=1S/C39H56N2O3/c1-25-20-35-37(41(24-25)19-18-40-36(43)13-10-28-8-6-5-7-9-28)27(3)39(44-35)17-15-31-32-12-11-29-21-30(42)14-16-38(29,4)34(32)22-33(31)26(2)23-39/h5-9,25,27,29,31-32,34-35,37H,10-24H2,1-4H3,(H,40,43)/t25-,27+,29+,31-,32?,34-,35+,37-,38-,39?/m0/s1. The van der Waals surface area contributed by atoms with Crippen LogP contribution in [0.1, 0.15) is 104 Å². The minimum atomic E-state index is -0.0636. The van der Waals surface area contributed by atoms with E-state index in [-0.39, 0.29) is 11.5 Å². The number of carbonyl (C=O) groups is 2. The van der Waals surface area contributed by atoms with Crippen LogP contribution in [0.2, 0.25) is 0 Å². The number of benzene rings is 1. The number of piperidine rings is 1. The number of ketones is 1. The maximum atomic E-state index is 12.7. The lowest BCUT2D eigenvalue weighted by Gasteiger charge is -2.52. The summed E-state index contributed by atoms with van der Waals surface area (Å²) < 4.78 is 7.29. The van der Waals surface area contributed by atoms with Crippen molar-refractivity contribution >= 4 is 11.7 Å². The van der Waals surface area contributed by atoms with Gasteiger partial charge in [0.05, 0.1) is 11.7 Å². The Balaban J connectivity index is 1.02. The molecule has 2 saturated heterocycles. The lowest BCUT2D eigenvalue weighted by atomic mass is 9.52. The molecule has 5 heteroatoms. The monoisotopic (exact) mass is 600 g/mol. The van der Waals surface area contributed by atoms with Crippen LogP contribution in [0, 0.1) is 40.9 Å². The molecule has 1 amide bonds. The van der Waals surface area contributed by atoms with Gasteiger partial charge in [-0.15, -0.1) is 0 Å². The molecule has 7 rings (SSSR count). The van der Waals surface area contributed by atoms with Gasteiger partial charge in [0.15, 0.2) is 0 Å². The van der Waals surface area contributed by atoms with Crippen LogP contribution in [0.3, 0.4) is 0 Å². The zero-order valence-corrected chi connectivity index (χ0v) is 27.8. The number of nitrogens with zero attached hydrogens (tertiary/aromatic N) is 1. The minimum absolute atomic E-state index is 0.0636. The lowest BCUT2D eigenvalue weighted by Crippen LogP contribution is -2.53. The van der Waals surface area contributed by atoms with E-state index in [0.717, 1.165) is 63.5 Å². The van der Waals surface area contributed by atoms with Gasteiger partial charge in [0.2, 0.25) is 5.91 Å². The molecule has 5 nitrogen and oxygen atoms in total. The van der Waals surface area contributed by atoms with Gasteiger partial charge in [0.25, 0.3) is 0 Å². The second-order valence-electron chi connectivity index (χ2n) is 16.3. The fraction of sp³-hybridized carbons (Fsp3) is 0.744. The van der Waals surface area contributed by atoms with Gasteiger partial charge in [0.1, 0.15) is 5.78 Å². The average Bonchev–Trinajstić information content (AvgIpc) is 3.47. The number of Topliss-reactive ketones (excluding diaryl/α,β-unsaturated/α-hetero) is 1. The number of hydrogen-bond acceptors (Lipinski definition) is 4. The predicted molar refractivity (Wildman–Crippen MR) is 175 cm³/mol. The summed E-state index contributed by atoms with van der Waals surface area (Å²) >= 11 is 0. The average molecular weight is 601 g/mol.